The maximum atomic E-state index is 10.1. The molecule has 1 atom stereocenters. The molecule has 0 aromatic rings. The minimum Gasteiger partial charge on any atom is -0.480 e. The van der Waals surface area contributed by atoms with Gasteiger partial charge in [-0.2, -0.15) is 0 Å². The number of hydrogen-bond acceptors (Lipinski definition) is 3. The number of rotatable bonds is 4. The summed E-state index contributed by atoms with van der Waals surface area (Å²) in [6.07, 6.45) is 0. The van der Waals surface area contributed by atoms with E-state index >= 15 is 0 Å². The topological polar surface area (TPSA) is 69.6 Å². The molecule has 0 radical (unpaired) electrons. The van der Waals surface area contributed by atoms with Crippen molar-refractivity contribution in [2.45, 2.75) is 13.0 Å². The molecule has 10 heavy (non-hydrogen) atoms. The lowest BCUT2D eigenvalue weighted by Crippen LogP contribution is -2.39. The van der Waals surface area contributed by atoms with Crippen molar-refractivity contribution in [3.8, 4) is 0 Å². The minimum absolute atomic E-state index is 0. The highest BCUT2D eigenvalue weighted by Gasteiger charge is 2.12. The molecule has 0 unspecified atom stereocenters. The molecular weight excluding hydrogens is 158 g/mol. The molecule has 4 nitrogen and oxygen atoms in total. The minimum atomic E-state index is -1.01. The van der Waals surface area contributed by atoms with E-state index in [1.165, 1.54) is 0 Å². The van der Waals surface area contributed by atoms with Crippen molar-refractivity contribution in [1.82, 2.24) is 5.32 Å². The van der Waals surface area contributed by atoms with Crippen LogP contribution in [0.4, 0.5) is 0 Å². The van der Waals surface area contributed by atoms with Crippen LogP contribution < -0.4 is 5.32 Å². The summed E-state index contributed by atoms with van der Waals surface area (Å²) < 4.78 is 0. The first-order chi connectivity index (χ1) is 4.22. The summed E-state index contributed by atoms with van der Waals surface area (Å²) in [6.45, 7) is 1.98. The highest BCUT2D eigenvalue weighted by Crippen LogP contribution is 1.79. The fourth-order valence-electron chi connectivity index (χ4n) is 0.476. The van der Waals surface area contributed by atoms with Gasteiger partial charge in [-0.15, -0.1) is 12.4 Å². The molecule has 3 N–H and O–H groups in total. The van der Waals surface area contributed by atoms with Crippen molar-refractivity contribution < 1.29 is 15.0 Å². The van der Waals surface area contributed by atoms with Gasteiger partial charge >= 0.3 is 5.97 Å². The van der Waals surface area contributed by atoms with E-state index in [-0.39, 0.29) is 19.0 Å². The van der Waals surface area contributed by atoms with Crippen LogP contribution in [-0.2, 0) is 4.79 Å². The summed E-state index contributed by atoms with van der Waals surface area (Å²) in [5.41, 5.74) is 0. The number of carboxylic acids is 1. The fraction of sp³-hybridized carbons (Fsp3) is 0.800. The summed E-state index contributed by atoms with van der Waals surface area (Å²) in [7, 11) is 0. The first-order valence-corrected chi connectivity index (χ1v) is 2.79. The smallest absolute Gasteiger partial charge is 0.323 e. The summed E-state index contributed by atoms with van der Waals surface area (Å²) in [6, 6.07) is -0.810. The normalized spacial score (nSPS) is 11.8. The number of halogens is 1. The monoisotopic (exact) mass is 169 g/mol. The molecule has 0 aromatic heterocycles. The van der Waals surface area contributed by atoms with Crippen LogP contribution in [0.2, 0.25) is 0 Å². The van der Waals surface area contributed by atoms with Crippen LogP contribution in [0.1, 0.15) is 6.92 Å². The summed E-state index contributed by atoms with van der Waals surface area (Å²) in [5.74, 6) is -1.01. The number of hydrogen-bond donors (Lipinski definition) is 3. The van der Waals surface area contributed by atoms with Crippen molar-refractivity contribution in [3.05, 3.63) is 0 Å². The Morgan fingerprint density at radius 1 is 1.70 bits per heavy atom. The molecule has 0 amide bonds. The van der Waals surface area contributed by atoms with Crippen molar-refractivity contribution in [1.29, 1.82) is 0 Å². The zero-order valence-corrected chi connectivity index (χ0v) is 6.52. The SMILES string of the molecule is CCN[C@@H](CO)C(=O)O.Cl. The van der Waals surface area contributed by atoms with Gasteiger partial charge in [-0.25, -0.2) is 0 Å². The van der Waals surface area contributed by atoms with Gasteiger partial charge in [-0.05, 0) is 6.54 Å². The predicted molar refractivity (Wildman–Crippen MR) is 39.4 cm³/mol. The number of aliphatic hydroxyl groups is 1. The Hall–Kier alpha value is -0.320. The highest BCUT2D eigenvalue weighted by atomic mass is 35.5. The summed E-state index contributed by atoms with van der Waals surface area (Å²) in [5, 5.41) is 19.2. The number of carbonyl (C=O) groups is 1. The van der Waals surface area contributed by atoms with Crippen LogP contribution in [0.15, 0.2) is 0 Å². The van der Waals surface area contributed by atoms with Crippen molar-refractivity contribution in [2.24, 2.45) is 0 Å². The van der Waals surface area contributed by atoms with Crippen LogP contribution in [0, 0.1) is 0 Å². The lowest BCUT2D eigenvalue weighted by molar-refractivity contribution is -0.140. The number of nitrogens with one attached hydrogen (secondary N) is 1. The van der Waals surface area contributed by atoms with Gasteiger partial charge in [0.05, 0.1) is 6.61 Å². The molecule has 0 aromatic carbocycles. The Morgan fingerprint density at radius 3 is 2.30 bits per heavy atom. The first kappa shape index (κ1) is 12.4. The van der Waals surface area contributed by atoms with Crippen LogP contribution in [0.3, 0.4) is 0 Å². The average molecular weight is 170 g/mol. The van der Waals surface area contributed by atoms with Crippen molar-refractivity contribution in [3.63, 3.8) is 0 Å². The summed E-state index contributed by atoms with van der Waals surface area (Å²) >= 11 is 0. The Morgan fingerprint density at radius 2 is 2.20 bits per heavy atom. The van der Waals surface area contributed by atoms with Crippen molar-refractivity contribution >= 4 is 18.4 Å². The zero-order valence-electron chi connectivity index (χ0n) is 5.70. The molecule has 0 bridgehead atoms. The van der Waals surface area contributed by atoms with E-state index in [0.717, 1.165) is 0 Å². The van der Waals surface area contributed by atoms with E-state index < -0.39 is 12.0 Å². The largest absolute Gasteiger partial charge is 0.480 e. The Bertz CT molecular complexity index is 98.9. The van der Waals surface area contributed by atoms with E-state index in [1.54, 1.807) is 6.92 Å². The van der Waals surface area contributed by atoms with Gasteiger partial charge in [0, 0.05) is 0 Å². The predicted octanol–water partition coefficient (Wildman–Crippen LogP) is -0.537. The van der Waals surface area contributed by atoms with E-state index in [4.69, 9.17) is 10.2 Å². The Kier molecular flexibility index (Phi) is 8.40. The van der Waals surface area contributed by atoms with Gasteiger partial charge < -0.3 is 15.5 Å². The van der Waals surface area contributed by atoms with Gasteiger partial charge in [0.15, 0.2) is 0 Å². The molecule has 0 aliphatic carbocycles. The van der Waals surface area contributed by atoms with Crippen LogP contribution in [0.5, 0.6) is 0 Å². The Balaban J connectivity index is 0. The number of aliphatic carboxylic acids is 1. The second-order valence-corrected chi connectivity index (χ2v) is 1.63. The van der Waals surface area contributed by atoms with E-state index in [0.29, 0.717) is 6.54 Å². The average Bonchev–Trinajstić information content (AvgIpc) is 1.82. The lowest BCUT2D eigenvalue weighted by Gasteiger charge is -2.07. The molecule has 0 aliphatic heterocycles. The molecule has 0 spiro atoms. The molecule has 5 heteroatoms. The lowest BCUT2D eigenvalue weighted by atomic mass is 10.3. The standard InChI is InChI=1S/C5H11NO3.ClH/c1-2-6-4(3-7)5(8)9;/h4,6-7H,2-3H2,1H3,(H,8,9);1H/t4-;/m0./s1. The molecule has 0 saturated carbocycles. The molecule has 0 fully saturated rings. The molecule has 0 rings (SSSR count). The van der Waals surface area contributed by atoms with Gasteiger partial charge in [0.25, 0.3) is 0 Å². The van der Waals surface area contributed by atoms with Crippen LogP contribution >= 0.6 is 12.4 Å². The van der Waals surface area contributed by atoms with Gasteiger partial charge in [0.2, 0.25) is 0 Å². The first-order valence-electron chi connectivity index (χ1n) is 2.79. The second kappa shape index (κ2) is 6.80. The third-order valence-corrected chi connectivity index (χ3v) is 0.931. The maximum Gasteiger partial charge on any atom is 0.323 e. The number of carboxylic acid groups (broad SMARTS) is 1. The maximum absolute atomic E-state index is 10.1. The van der Waals surface area contributed by atoms with E-state index in [9.17, 15) is 4.79 Å². The molecule has 0 saturated heterocycles. The van der Waals surface area contributed by atoms with Crippen molar-refractivity contribution in [2.75, 3.05) is 13.2 Å². The zero-order chi connectivity index (χ0) is 7.28. The van der Waals surface area contributed by atoms with Gasteiger partial charge in [-0.3, -0.25) is 4.79 Å². The molecular formula is C5H12ClNO3. The fourth-order valence-corrected chi connectivity index (χ4v) is 0.476. The molecule has 0 aliphatic rings. The Labute approximate surface area is 65.7 Å². The highest BCUT2D eigenvalue weighted by molar-refractivity contribution is 5.85. The van der Waals surface area contributed by atoms with E-state index in [2.05, 4.69) is 5.32 Å². The van der Waals surface area contributed by atoms with Crippen LogP contribution in [0.25, 0.3) is 0 Å². The molecule has 62 valence electrons. The third-order valence-electron chi connectivity index (χ3n) is 0.931. The van der Waals surface area contributed by atoms with Crippen LogP contribution in [-0.4, -0.2) is 35.4 Å². The van der Waals surface area contributed by atoms with Gasteiger partial charge in [-0.1, -0.05) is 6.92 Å². The number of aliphatic hydroxyl groups excluding tert-OH is 1. The quantitative estimate of drug-likeness (QED) is 0.529. The van der Waals surface area contributed by atoms with Gasteiger partial charge in [0.1, 0.15) is 6.04 Å². The second-order valence-electron chi connectivity index (χ2n) is 1.63. The summed E-state index contributed by atoms with van der Waals surface area (Å²) in [4.78, 5) is 10.1. The van der Waals surface area contributed by atoms with E-state index in [1.807, 2.05) is 0 Å². The molecule has 0 heterocycles. The third kappa shape index (κ3) is 4.55. The number of likely N-dealkylation sites (N-methyl/N-ethyl adjacent to an activating group) is 1.